The summed E-state index contributed by atoms with van der Waals surface area (Å²) < 4.78 is 17.0. The smallest absolute Gasteiger partial charge is 0.334 e. The first-order valence-electron chi connectivity index (χ1n) is 10.1. The van der Waals surface area contributed by atoms with Crippen molar-refractivity contribution >= 4 is 17.9 Å². The first-order valence-corrected chi connectivity index (χ1v) is 10.1. The third kappa shape index (κ3) is 3.29. The molecule has 6 atom stereocenters. The lowest BCUT2D eigenvalue weighted by molar-refractivity contribution is -0.237. The molecule has 2 aliphatic carbocycles. The molecule has 0 bridgehead atoms. The maximum Gasteiger partial charge on any atom is 0.334 e. The Kier molecular flexibility index (Phi) is 5.41. The predicted molar refractivity (Wildman–Crippen MR) is 104 cm³/mol. The van der Waals surface area contributed by atoms with Crippen molar-refractivity contribution in [1.29, 1.82) is 0 Å². The average Bonchev–Trinajstić information content (AvgIpc) is 2.93. The molecule has 0 spiro atoms. The van der Waals surface area contributed by atoms with Crippen molar-refractivity contribution in [2.75, 3.05) is 0 Å². The lowest BCUT2D eigenvalue weighted by atomic mass is 9.51. The fourth-order valence-corrected chi connectivity index (χ4v) is 5.24. The van der Waals surface area contributed by atoms with Crippen molar-refractivity contribution in [3.8, 4) is 0 Å². The van der Waals surface area contributed by atoms with Crippen LogP contribution in [0, 0.1) is 11.3 Å². The van der Waals surface area contributed by atoms with Gasteiger partial charge in [-0.3, -0.25) is 4.79 Å². The molecule has 0 aromatic rings. The van der Waals surface area contributed by atoms with Crippen molar-refractivity contribution in [3.05, 3.63) is 22.8 Å². The number of hydrogen-bond donors (Lipinski definition) is 1. The van der Waals surface area contributed by atoms with E-state index in [1.54, 1.807) is 33.8 Å². The third-order valence-corrected chi connectivity index (χ3v) is 7.19. The summed E-state index contributed by atoms with van der Waals surface area (Å²) >= 11 is 0. The maximum absolute atomic E-state index is 12.4. The Bertz CT molecular complexity index is 810. The maximum atomic E-state index is 12.4. The van der Waals surface area contributed by atoms with E-state index in [1.807, 2.05) is 6.92 Å². The van der Waals surface area contributed by atoms with Crippen LogP contribution in [0.5, 0.6) is 0 Å². The van der Waals surface area contributed by atoms with Crippen LogP contribution in [0.1, 0.15) is 60.8 Å². The minimum atomic E-state index is -1.15. The Balaban J connectivity index is 2.04. The topological polar surface area (TPSA) is 99.1 Å². The second-order valence-corrected chi connectivity index (χ2v) is 8.87. The quantitative estimate of drug-likeness (QED) is 0.437. The predicted octanol–water partition coefficient (Wildman–Crippen LogP) is 2.61. The number of carbonyl (C=O) groups excluding carboxylic acids is 3. The monoisotopic (exact) mass is 406 g/mol. The molecule has 1 heterocycles. The highest BCUT2D eigenvalue weighted by Crippen LogP contribution is 2.59. The van der Waals surface area contributed by atoms with Gasteiger partial charge in [-0.15, -0.1) is 0 Å². The fourth-order valence-electron chi connectivity index (χ4n) is 5.24. The summed E-state index contributed by atoms with van der Waals surface area (Å²) in [5.74, 6) is -1.71. The highest BCUT2D eigenvalue weighted by atomic mass is 16.6. The number of esters is 3. The van der Waals surface area contributed by atoms with Gasteiger partial charge in [0.2, 0.25) is 0 Å². The molecular formula is C22H30O7. The molecule has 1 aliphatic heterocycles. The van der Waals surface area contributed by atoms with Gasteiger partial charge in [0.05, 0.1) is 0 Å². The molecule has 0 saturated heterocycles. The number of hydrogen-bond acceptors (Lipinski definition) is 7. The summed E-state index contributed by atoms with van der Waals surface area (Å²) in [6.07, 6.45) is 0.808. The molecule has 160 valence electrons. The molecular weight excluding hydrogens is 376 g/mol. The number of carbonyl (C=O) groups is 3. The van der Waals surface area contributed by atoms with Gasteiger partial charge < -0.3 is 19.3 Å². The van der Waals surface area contributed by atoms with E-state index in [1.165, 1.54) is 6.92 Å². The standard InChI is InChI=1S/C22H30O7/c1-7-11(2)19(25)27-16-8-9-21(5)15(22(16,6)29-13(4)23)10-14-12(3)20(26)28-17(14)18(21)24/h7,15-18,24H,8-10H2,1-6H3/b11-7-/t15-,16+,17?,18+,21+,22-/m1/s1. The number of aliphatic hydroxyl groups excluding tert-OH is 1. The number of fused-ring (bicyclic) bond motifs is 2. The Labute approximate surface area is 171 Å². The molecule has 2 fully saturated rings. The lowest BCUT2D eigenvalue weighted by Crippen LogP contribution is -2.66. The van der Waals surface area contributed by atoms with E-state index in [9.17, 15) is 19.5 Å². The van der Waals surface area contributed by atoms with Gasteiger partial charge >= 0.3 is 17.9 Å². The molecule has 0 radical (unpaired) electrons. The van der Waals surface area contributed by atoms with E-state index in [0.717, 1.165) is 5.57 Å². The molecule has 7 heteroatoms. The van der Waals surface area contributed by atoms with Crippen LogP contribution in [0.4, 0.5) is 0 Å². The number of allylic oxidation sites excluding steroid dienone is 1. The highest BCUT2D eigenvalue weighted by Gasteiger charge is 2.65. The van der Waals surface area contributed by atoms with Crippen LogP contribution in [0.3, 0.4) is 0 Å². The van der Waals surface area contributed by atoms with Gasteiger partial charge in [-0.25, -0.2) is 9.59 Å². The summed E-state index contributed by atoms with van der Waals surface area (Å²) in [6.45, 7) is 10.1. The van der Waals surface area contributed by atoms with Gasteiger partial charge in [-0.05, 0) is 52.5 Å². The summed E-state index contributed by atoms with van der Waals surface area (Å²) in [7, 11) is 0. The number of rotatable bonds is 3. The third-order valence-electron chi connectivity index (χ3n) is 7.19. The molecule has 2 saturated carbocycles. The van der Waals surface area contributed by atoms with Crippen LogP contribution in [0.2, 0.25) is 0 Å². The van der Waals surface area contributed by atoms with Crippen molar-refractivity contribution in [2.45, 2.75) is 84.7 Å². The van der Waals surface area contributed by atoms with Gasteiger partial charge in [-0.1, -0.05) is 13.0 Å². The van der Waals surface area contributed by atoms with Gasteiger partial charge in [0.25, 0.3) is 0 Å². The zero-order chi connectivity index (χ0) is 21.7. The average molecular weight is 406 g/mol. The first-order chi connectivity index (χ1) is 13.5. The van der Waals surface area contributed by atoms with Gasteiger partial charge in [0.15, 0.2) is 6.10 Å². The number of aliphatic hydroxyl groups is 1. The Morgan fingerprint density at radius 2 is 1.93 bits per heavy atom. The number of ether oxygens (including phenoxy) is 3. The minimum absolute atomic E-state index is 0.345. The van der Waals surface area contributed by atoms with E-state index in [4.69, 9.17) is 14.2 Å². The van der Waals surface area contributed by atoms with Gasteiger partial charge in [0.1, 0.15) is 17.8 Å². The first kappa shape index (κ1) is 21.6. The van der Waals surface area contributed by atoms with Crippen molar-refractivity contribution in [1.82, 2.24) is 0 Å². The van der Waals surface area contributed by atoms with E-state index < -0.39 is 47.2 Å². The second-order valence-electron chi connectivity index (χ2n) is 8.87. The van der Waals surface area contributed by atoms with E-state index in [2.05, 4.69) is 0 Å². The van der Waals surface area contributed by atoms with Crippen LogP contribution < -0.4 is 0 Å². The molecule has 0 aromatic carbocycles. The van der Waals surface area contributed by atoms with E-state index >= 15 is 0 Å². The van der Waals surface area contributed by atoms with Crippen LogP contribution in [-0.4, -0.2) is 46.9 Å². The van der Waals surface area contributed by atoms with Crippen LogP contribution in [0.25, 0.3) is 0 Å². The zero-order valence-electron chi connectivity index (χ0n) is 17.9. The van der Waals surface area contributed by atoms with Gasteiger partial charge in [0, 0.05) is 29.4 Å². The normalized spacial score (nSPS) is 39.4. The second kappa shape index (κ2) is 7.27. The summed E-state index contributed by atoms with van der Waals surface area (Å²) in [5, 5.41) is 11.2. The fraction of sp³-hybridized carbons (Fsp3) is 0.682. The van der Waals surface area contributed by atoms with Crippen molar-refractivity contribution in [2.24, 2.45) is 11.3 Å². The van der Waals surface area contributed by atoms with Crippen molar-refractivity contribution in [3.63, 3.8) is 0 Å². The molecule has 29 heavy (non-hydrogen) atoms. The lowest BCUT2D eigenvalue weighted by Gasteiger charge is -2.58. The molecule has 3 aliphatic rings. The van der Waals surface area contributed by atoms with E-state index in [0.29, 0.717) is 30.4 Å². The molecule has 1 N–H and O–H groups in total. The Morgan fingerprint density at radius 1 is 1.28 bits per heavy atom. The summed E-state index contributed by atoms with van der Waals surface area (Å²) in [6, 6.07) is 0. The molecule has 3 rings (SSSR count). The minimum Gasteiger partial charge on any atom is -0.455 e. The molecule has 0 aromatic heterocycles. The molecule has 1 unspecified atom stereocenters. The van der Waals surface area contributed by atoms with E-state index in [-0.39, 0.29) is 5.92 Å². The molecule has 7 nitrogen and oxygen atoms in total. The van der Waals surface area contributed by atoms with Crippen LogP contribution in [-0.2, 0) is 28.6 Å². The molecule has 0 amide bonds. The Hall–Kier alpha value is -2.15. The van der Waals surface area contributed by atoms with Crippen LogP contribution in [0.15, 0.2) is 22.8 Å². The van der Waals surface area contributed by atoms with Crippen LogP contribution >= 0.6 is 0 Å². The zero-order valence-corrected chi connectivity index (χ0v) is 17.9. The largest absolute Gasteiger partial charge is 0.455 e. The van der Waals surface area contributed by atoms with Gasteiger partial charge in [-0.2, -0.15) is 0 Å². The summed E-state index contributed by atoms with van der Waals surface area (Å²) in [4.78, 5) is 36.6. The Morgan fingerprint density at radius 3 is 2.52 bits per heavy atom. The summed E-state index contributed by atoms with van der Waals surface area (Å²) in [5.41, 5.74) is -0.111. The highest BCUT2D eigenvalue weighted by molar-refractivity contribution is 5.92. The van der Waals surface area contributed by atoms with Crippen molar-refractivity contribution < 1.29 is 33.7 Å². The SMILES string of the molecule is C/C=C(/C)C(=O)O[C@H]1CC[C@@]2(C)[C@@H](CC3=C(C)C(=O)OC3[C@@H]2O)[C@@]1(C)OC(C)=O.